The van der Waals surface area contributed by atoms with Gasteiger partial charge in [-0.3, -0.25) is 9.78 Å². The van der Waals surface area contributed by atoms with Gasteiger partial charge in [-0.1, -0.05) is 25.1 Å². The van der Waals surface area contributed by atoms with Gasteiger partial charge in [0.15, 0.2) is 5.78 Å². The lowest BCUT2D eigenvalue weighted by Gasteiger charge is -2.28. The first kappa shape index (κ1) is 14.2. The molecule has 2 atom stereocenters. The first-order chi connectivity index (χ1) is 10.3. The summed E-state index contributed by atoms with van der Waals surface area (Å²) in [7, 11) is 0. The Morgan fingerprint density at radius 1 is 1.38 bits per heavy atom. The fourth-order valence-corrected chi connectivity index (χ4v) is 3.26. The summed E-state index contributed by atoms with van der Waals surface area (Å²) in [5, 5.41) is 4.47. The Labute approximate surface area is 125 Å². The van der Waals surface area contributed by atoms with Crippen molar-refractivity contribution in [1.29, 1.82) is 0 Å². The highest BCUT2D eigenvalue weighted by Gasteiger charge is 2.23. The Hall–Kier alpha value is -1.74. The van der Waals surface area contributed by atoms with E-state index in [-0.39, 0.29) is 5.78 Å². The first-order valence-corrected chi connectivity index (χ1v) is 7.83. The number of para-hydroxylation sites is 1. The zero-order chi connectivity index (χ0) is 14.7. The van der Waals surface area contributed by atoms with Gasteiger partial charge < -0.3 is 5.32 Å². The first-order valence-electron chi connectivity index (χ1n) is 7.83. The van der Waals surface area contributed by atoms with Crippen LogP contribution in [-0.2, 0) is 0 Å². The third kappa shape index (κ3) is 3.13. The number of carbonyl (C=O) groups excluding carboxylic acids is 1. The van der Waals surface area contributed by atoms with Crippen LogP contribution in [0.2, 0.25) is 0 Å². The van der Waals surface area contributed by atoms with Crippen molar-refractivity contribution in [3.05, 3.63) is 42.1 Å². The molecule has 0 spiro atoms. The molecule has 110 valence electrons. The van der Waals surface area contributed by atoms with Gasteiger partial charge in [-0.2, -0.15) is 0 Å². The van der Waals surface area contributed by atoms with E-state index in [0.29, 0.717) is 18.3 Å². The normalized spacial score (nSPS) is 20.3. The van der Waals surface area contributed by atoms with Crippen LogP contribution in [-0.4, -0.2) is 23.9 Å². The summed E-state index contributed by atoms with van der Waals surface area (Å²) in [5.74, 6) is 1.26. The summed E-state index contributed by atoms with van der Waals surface area (Å²) >= 11 is 0. The van der Waals surface area contributed by atoms with Gasteiger partial charge in [-0.15, -0.1) is 0 Å². The largest absolute Gasteiger partial charge is 0.316 e. The minimum absolute atomic E-state index is 0.220. The van der Waals surface area contributed by atoms with E-state index < -0.39 is 0 Å². The SMILES string of the molecule is CC(CC(=O)c1cccc2cccnc12)C1CCCNC1. The van der Waals surface area contributed by atoms with Gasteiger partial charge in [0, 0.05) is 23.6 Å². The van der Waals surface area contributed by atoms with E-state index in [4.69, 9.17) is 0 Å². The lowest BCUT2D eigenvalue weighted by Crippen LogP contribution is -2.34. The molecule has 1 fully saturated rings. The summed E-state index contributed by atoms with van der Waals surface area (Å²) in [6, 6.07) is 9.78. The molecule has 1 saturated heterocycles. The van der Waals surface area contributed by atoms with E-state index in [9.17, 15) is 4.79 Å². The molecule has 3 nitrogen and oxygen atoms in total. The fourth-order valence-electron chi connectivity index (χ4n) is 3.26. The average Bonchev–Trinajstić information content (AvgIpc) is 2.55. The molecule has 1 aliphatic rings. The maximum absolute atomic E-state index is 12.7. The number of fused-ring (bicyclic) bond motifs is 1. The van der Waals surface area contributed by atoms with Crippen molar-refractivity contribution in [2.75, 3.05) is 13.1 Å². The number of ketones is 1. The molecule has 3 heteroatoms. The van der Waals surface area contributed by atoms with Gasteiger partial charge in [-0.25, -0.2) is 0 Å². The van der Waals surface area contributed by atoms with Crippen LogP contribution >= 0.6 is 0 Å². The second-order valence-corrected chi connectivity index (χ2v) is 6.09. The number of aromatic nitrogens is 1. The highest BCUT2D eigenvalue weighted by Crippen LogP contribution is 2.25. The molecule has 0 bridgehead atoms. The Balaban J connectivity index is 1.77. The summed E-state index contributed by atoms with van der Waals surface area (Å²) in [5.41, 5.74) is 1.60. The highest BCUT2D eigenvalue weighted by atomic mass is 16.1. The summed E-state index contributed by atoms with van der Waals surface area (Å²) < 4.78 is 0. The quantitative estimate of drug-likeness (QED) is 0.873. The second-order valence-electron chi connectivity index (χ2n) is 6.09. The number of nitrogens with zero attached hydrogens (tertiary/aromatic N) is 1. The Morgan fingerprint density at radius 3 is 3.05 bits per heavy atom. The molecule has 0 aliphatic carbocycles. The number of carbonyl (C=O) groups is 1. The number of hydrogen-bond acceptors (Lipinski definition) is 3. The van der Waals surface area contributed by atoms with Crippen molar-refractivity contribution in [2.45, 2.75) is 26.2 Å². The molecular formula is C18H22N2O. The molecule has 1 aliphatic heterocycles. The molecule has 2 heterocycles. The predicted octanol–water partition coefficient (Wildman–Crippen LogP) is 3.44. The molecular weight excluding hydrogens is 260 g/mol. The van der Waals surface area contributed by atoms with Crippen molar-refractivity contribution in [3.8, 4) is 0 Å². The van der Waals surface area contributed by atoms with Gasteiger partial charge in [0.05, 0.1) is 5.52 Å². The van der Waals surface area contributed by atoms with Crippen molar-refractivity contribution >= 4 is 16.7 Å². The van der Waals surface area contributed by atoms with Crippen molar-refractivity contribution < 1.29 is 4.79 Å². The maximum Gasteiger partial charge on any atom is 0.165 e. The Morgan fingerprint density at radius 2 is 2.24 bits per heavy atom. The number of hydrogen-bond donors (Lipinski definition) is 1. The van der Waals surface area contributed by atoms with E-state index in [1.165, 1.54) is 12.8 Å². The monoisotopic (exact) mass is 282 g/mol. The molecule has 0 radical (unpaired) electrons. The smallest absolute Gasteiger partial charge is 0.165 e. The number of pyridine rings is 1. The van der Waals surface area contributed by atoms with E-state index in [0.717, 1.165) is 29.6 Å². The second kappa shape index (κ2) is 6.35. The standard InChI is InChI=1S/C18H22N2O/c1-13(15-7-3-9-19-12-15)11-17(21)16-8-2-5-14-6-4-10-20-18(14)16/h2,4-6,8,10,13,15,19H,3,7,9,11-12H2,1H3. The Bertz CT molecular complexity index is 627. The topological polar surface area (TPSA) is 42.0 Å². The van der Waals surface area contributed by atoms with Crippen LogP contribution in [0.4, 0.5) is 0 Å². The predicted molar refractivity (Wildman–Crippen MR) is 85.4 cm³/mol. The number of piperidine rings is 1. The van der Waals surface area contributed by atoms with Crippen molar-refractivity contribution in [1.82, 2.24) is 10.3 Å². The Kier molecular flexibility index (Phi) is 4.30. The molecule has 0 amide bonds. The highest BCUT2D eigenvalue weighted by molar-refractivity contribution is 6.06. The van der Waals surface area contributed by atoms with Crippen molar-refractivity contribution in [2.24, 2.45) is 11.8 Å². The van der Waals surface area contributed by atoms with E-state index in [1.807, 2.05) is 30.3 Å². The third-order valence-electron chi connectivity index (χ3n) is 4.58. The molecule has 1 N–H and O–H groups in total. The molecule has 1 aromatic heterocycles. The van der Waals surface area contributed by atoms with Crippen LogP contribution in [0.1, 0.15) is 36.5 Å². The van der Waals surface area contributed by atoms with Crippen LogP contribution < -0.4 is 5.32 Å². The van der Waals surface area contributed by atoms with Gasteiger partial charge in [0.2, 0.25) is 0 Å². The molecule has 0 saturated carbocycles. The lowest BCUT2D eigenvalue weighted by atomic mass is 9.83. The average molecular weight is 282 g/mol. The van der Waals surface area contributed by atoms with E-state index >= 15 is 0 Å². The number of rotatable bonds is 4. The van der Waals surface area contributed by atoms with Crippen LogP contribution in [0.5, 0.6) is 0 Å². The maximum atomic E-state index is 12.7. The zero-order valence-electron chi connectivity index (χ0n) is 12.5. The van der Waals surface area contributed by atoms with Gasteiger partial charge in [0.1, 0.15) is 0 Å². The summed E-state index contributed by atoms with van der Waals surface area (Å²) in [6.45, 7) is 4.36. The van der Waals surface area contributed by atoms with Crippen molar-refractivity contribution in [3.63, 3.8) is 0 Å². The third-order valence-corrected chi connectivity index (χ3v) is 4.58. The van der Waals surface area contributed by atoms with Crippen LogP contribution in [0, 0.1) is 11.8 Å². The minimum Gasteiger partial charge on any atom is -0.316 e. The van der Waals surface area contributed by atoms with Crippen LogP contribution in [0.3, 0.4) is 0 Å². The zero-order valence-corrected chi connectivity index (χ0v) is 12.5. The number of nitrogens with one attached hydrogen (secondary N) is 1. The molecule has 3 rings (SSSR count). The van der Waals surface area contributed by atoms with Gasteiger partial charge in [0.25, 0.3) is 0 Å². The van der Waals surface area contributed by atoms with E-state index in [1.54, 1.807) is 6.20 Å². The summed E-state index contributed by atoms with van der Waals surface area (Å²) in [4.78, 5) is 17.0. The minimum atomic E-state index is 0.220. The van der Waals surface area contributed by atoms with Gasteiger partial charge in [-0.05, 0) is 49.9 Å². The number of Topliss-reactive ketones (excluding diaryl/α,β-unsaturated/α-hetero) is 1. The van der Waals surface area contributed by atoms with Crippen LogP contribution in [0.25, 0.3) is 10.9 Å². The van der Waals surface area contributed by atoms with Gasteiger partial charge >= 0.3 is 0 Å². The molecule has 1 aromatic carbocycles. The van der Waals surface area contributed by atoms with Crippen LogP contribution in [0.15, 0.2) is 36.5 Å². The lowest BCUT2D eigenvalue weighted by molar-refractivity contribution is 0.0944. The molecule has 2 unspecified atom stereocenters. The fraction of sp³-hybridized carbons (Fsp3) is 0.444. The number of benzene rings is 1. The molecule has 2 aromatic rings. The van der Waals surface area contributed by atoms with E-state index in [2.05, 4.69) is 17.2 Å². The molecule has 21 heavy (non-hydrogen) atoms. The summed E-state index contributed by atoms with van der Waals surface area (Å²) in [6.07, 6.45) is 4.82.